The fourth-order valence-electron chi connectivity index (χ4n) is 1.45. The van der Waals surface area contributed by atoms with Gasteiger partial charge in [-0.2, -0.15) is 0 Å². The predicted octanol–water partition coefficient (Wildman–Crippen LogP) is 1.30. The fourth-order valence-corrected chi connectivity index (χ4v) is 1.45. The number of primary amides is 1. The number of benzene rings is 1. The Bertz CT molecular complexity index is 467. The lowest BCUT2D eigenvalue weighted by atomic mass is 10.0. The highest BCUT2D eigenvalue weighted by molar-refractivity contribution is 5.97. The standard InChI is InChI=1S/C14H20N2O4/c1-4-14(2,19-3)13(18)16-10-5-7-11(8-6-10)20-9-12(15)17/h5-8H,4,9H2,1-3H3,(H2,15,17)(H,16,18)/t14-/m1/s1. The molecule has 0 saturated carbocycles. The SMILES string of the molecule is CC[C@@](C)(OC)C(=O)Nc1ccc(OCC(N)=O)cc1. The summed E-state index contributed by atoms with van der Waals surface area (Å²) in [4.78, 5) is 22.7. The van der Waals surface area contributed by atoms with E-state index in [0.717, 1.165) is 0 Å². The van der Waals surface area contributed by atoms with E-state index in [4.69, 9.17) is 15.2 Å². The second kappa shape index (κ2) is 6.91. The van der Waals surface area contributed by atoms with Crippen molar-refractivity contribution in [2.24, 2.45) is 5.73 Å². The van der Waals surface area contributed by atoms with E-state index in [2.05, 4.69) is 5.32 Å². The molecule has 6 heteroatoms. The summed E-state index contributed by atoms with van der Waals surface area (Å²) in [5, 5.41) is 2.77. The van der Waals surface area contributed by atoms with Gasteiger partial charge in [-0.25, -0.2) is 0 Å². The van der Waals surface area contributed by atoms with Crippen molar-refractivity contribution in [3.63, 3.8) is 0 Å². The van der Waals surface area contributed by atoms with E-state index in [1.54, 1.807) is 31.2 Å². The number of hydrogen-bond donors (Lipinski definition) is 2. The van der Waals surface area contributed by atoms with E-state index in [1.807, 2.05) is 6.92 Å². The van der Waals surface area contributed by atoms with E-state index in [9.17, 15) is 9.59 Å². The lowest BCUT2D eigenvalue weighted by Gasteiger charge is -2.25. The minimum absolute atomic E-state index is 0.177. The molecule has 0 heterocycles. The Morgan fingerprint density at radius 2 is 1.90 bits per heavy atom. The first-order valence-corrected chi connectivity index (χ1v) is 6.29. The number of amides is 2. The predicted molar refractivity (Wildman–Crippen MR) is 75.5 cm³/mol. The molecule has 0 aliphatic heterocycles. The molecule has 0 radical (unpaired) electrons. The van der Waals surface area contributed by atoms with Crippen molar-refractivity contribution in [2.45, 2.75) is 25.9 Å². The van der Waals surface area contributed by atoms with Crippen LogP contribution >= 0.6 is 0 Å². The van der Waals surface area contributed by atoms with Gasteiger partial charge in [-0.05, 0) is 37.6 Å². The first kappa shape index (κ1) is 16.0. The first-order chi connectivity index (χ1) is 9.41. The van der Waals surface area contributed by atoms with Crippen molar-refractivity contribution in [3.8, 4) is 5.75 Å². The van der Waals surface area contributed by atoms with E-state index < -0.39 is 11.5 Å². The average molecular weight is 280 g/mol. The molecule has 0 aliphatic carbocycles. The summed E-state index contributed by atoms with van der Waals surface area (Å²) in [6.45, 7) is 3.43. The highest BCUT2D eigenvalue weighted by atomic mass is 16.5. The van der Waals surface area contributed by atoms with Crippen LogP contribution in [0.1, 0.15) is 20.3 Å². The van der Waals surface area contributed by atoms with Crippen molar-refractivity contribution >= 4 is 17.5 Å². The van der Waals surface area contributed by atoms with Gasteiger partial charge in [0.05, 0.1) is 0 Å². The van der Waals surface area contributed by atoms with E-state index in [-0.39, 0.29) is 12.5 Å². The van der Waals surface area contributed by atoms with Gasteiger partial charge in [-0.1, -0.05) is 6.92 Å². The third-order valence-corrected chi connectivity index (χ3v) is 3.10. The summed E-state index contributed by atoms with van der Waals surface area (Å²) < 4.78 is 10.3. The highest BCUT2D eigenvalue weighted by Gasteiger charge is 2.30. The van der Waals surface area contributed by atoms with E-state index in [1.165, 1.54) is 7.11 Å². The molecule has 20 heavy (non-hydrogen) atoms. The summed E-state index contributed by atoms with van der Waals surface area (Å²) in [5.74, 6) is -0.249. The van der Waals surface area contributed by atoms with Crippen LogP contribution in [0.5, 0.6) is 5.75 Å². The van der Waals surface area contributed by atoms with Gasteiger partial charge in [0, 0.05) is 12.8 Å². The van der Waals surface area contributed by atoms with Gasteiger partial charge in [0.25, 0.3) is 11.8 Å². The summed E-state index contributed by atoms with van der Waals surface area (Å²) in [6.07, 6.45) is 0.565. The second-order valence-corrected chi connectivity index (χ2v) is 4.52. The number of carbonyl (C=O) groups is 2. The van der Waals surface area contributed by atoms with E-state index in [0.29, 0.717) is 17.9 Å². The molecule has 1 atom stereocenters. The number of carbonyl (C=O) groups excluding carboxylic acids is 2. The number of hydrogen-bond acceptors (Lipinski definition) is 4. The maximum absolute atomic E-state index is 12.1. The number of methoxy groups -OCH3 is 1. The summed E-state index contributed by atoms with van der Waals surface area (Å²) in [7, 11) is 1.50. The Labute approximate surface area is 118 Å². The van der Waals surface area contributed by atoms with Crippen molar-refractivity contribution in [2.75, 3.05) is 19.0 Å². The quantitative estimate of drug-likeness (QED) is 0.787. The third kappa shape index (κ3) is 4.24. The Kier molecular flexibility index (Phi) is 5.52. The van der Waals surface area contributed by atoms with Gasteiger partial charge >= 0.3 is 0 Å². The molecule has 3 N–H and O–H groups in total. The zero-order valence-corrected chi connectivity index (χ0v) is 11.9. The normalized spacial score (nSPS) is 13.3. The van der Waals surface area contributed by atoms with Crippen LogP contribution in [-0.4, -0.2) is 31.1 Å². The minimum Gasteiger partial charge on any atom is -0.484 e. The van der Waals surface area contributed by atoms with Gasteiger partial charge in [0.15, 0.2) is 6.61 Å². The van der Waals surface area contributed by atoms with Crippen LogP contribution in [0.2, 0.25) is 0 Å². The molecule has 1 aromatic rings. The maximum atomic E-state index is 12.1. The highest BCUT2D eigenvalue weighted by Crippen LogP contribution is 2.20. The lowest BCUT2D eigenvalue weighted by molar-refractivity contribution is -0.136. The molecule has 110 valence electrons. The third-order valence-electron chi connectivity index (χ3n) is 3.10. The number of rotatable bonds is 7. The first-order valence-electron chi connectivity index (χ1n) is 6.29. The Morgan fingerprint density at radius 1 is 1.30 bits per heavy atom. The van der Waals surface area contributed by atoms with Gasteiger partial charge in [0.1, 0.15) is 11.4 Å². The molecule has 0 fully saturated rings. The maximum Gasteiger partial charge on any atom is 0.256 e. The second-order valence-electron chi connectivity index (χ2n) is 4.52. The molecule has 2 amide bonds. The zero-order chi connectivity index (χ0) is 15.2. The van der Waals surface area contributed by atoms with E-state index >= 15 is 0 Å². The Hall–Kier alpha value is -2.08. The molecule has 1 rings (SSSR count). The summed E-state index contributed by atoms with van der Waals surface area (Å²) >= 11 is 0. The number of nitrogens with two attached hydrogens (primary N) is 1. The van der Waals surface area contributed by atoms with Crippen LogP contribution in [0.25, 0.3) is 0 Å². The largest absolute Gasteiger partial charge is 0.484 e. The van der Waals surface area contributed by atoms with Gasteiger partial charge in [0.2, 0.25) is 0 Å². The number of nitrogens with one attached hydrogen (secondary N) is 1. The smallest absolute Gasteiger partial charge is 0.256 e. The molecule has 0 bridgehead atoms. The molecule has 0 aliphatic rings. The van der Waals surface area contributed by atoms with Crippen LogP contribution in [0, 0.1) is 0 Å². The lowest BCUT2D eigenvalue weighted by Crippen LogP contribution is -2.41. The zero-order valence-electron chi connectivity index (χ0n) is 11.9. The molecule has 0 saturated heterocycles. The average Bonchev–Trinajstić information content (AvgIpc) is 2.45. The topological polar surface area (TPSA) is 90.7 Å². The fraction of sp³-hybridized carbons (Fsp3) is 0.429. The van der Waals surface area contributed by atoms with Crippen molar-refractivity contribution in [3.05, 3.63) is 24.3 Å². The van der Waals surface area contributed by atoms with Gasteiger partial charge in [-0.15, -0.1) is 0 Å². The summed E-state index contributed by atoms with van der Waals surface area (Å²) in [6, 6.07) is 6.66. The van der Waals surface area contributed by atoms with Crippen molar-refractivity contribution in [1.29, 1.82) is 0 Å². The molecular weight excluding hydrogens is 260 g/mol. The number of ether oxygens (including phenoxy) is 2. The molecule has 6 nitrogen and oxygen atoms in total. The molecule has 0 spiro atoms. The number of anilines is 1. The molecule has 1 aromatic carbocycles. The van der Waals surface area contributed by atoms with Crippen LogP contribution < -0.4 is 15.8 Å². The Morgan fingerprint density at radius 3 is 2.35 bits per heavy atom. The molecular formula is C14H20N2O4. The minimum atomic E-state index is -0.860. The molecule has 0 unspecified atom stereocenters. The van der Waals surface area contributed by atoms with Gasteiger partial charge < -0.3 is 20.5 Å². The van der Waals surface area contributed by atoms with Crippen molar-refractivity contribution < 1.29 is 19.1 Å². The van der Waals surface area contributed by atoms with Crippen molar-refractivity contribution in [1.82, 2.24) is 0 Å². The monoisotopic (exact) mass is 280 g/mol. The van der Waals surface area contributed by atoms with Crippen LogP contribution in [0.15, 0.2) is 24.3 Å². The molecule has 0 aromatic heterocycles. The van der Waals surface area contributed by atoms with Crippen LogP contribution in [0.3, 0.4) is 0 Å². The van der Waals surface area contributed by atoms with Crippen LogP contribution in [-0.2, 0) is 14.3 Å². The van der Waals surface area contributed by atoms with Crippen LogP contribution in [0.4, 0.5) is 5.69 Å². The Balaban J connectivity index is 2.65. The summed E-state index contributed by atoms with van der Waals surface area (Å²) in [5.41, 5.74) is 4.74. The van der Waals surface area contributed by atoms with Gasteiger partial charge in [-0.3, -0.25) is 9.59 Å².